The van der Waals surface area contributed by atoms with Crippen LogP contribution < -0.4 is 10.6 Å². The third-order valence-electron chi connectivity index (χ3n) is 6.11. The number of carbonyl (C=O) groups is 1. The van der Waals surface area contributed by atoms with Gasteiger partial charge in [-0.15, -0.1) is 0 Å². The van der Waals surface area contributed by atoms with Crippen molar-refractivity contribution < 1.29 is 4.79 Å². The van der Waals surface area contributed by atoms with E-state index in [4.69, 9.17) is 7.85 Å². The topological polar surface area (TPSA) is 41.1 Å². The predicted molar refractivity (Wildman–Crippen MR) is 127 cm³/mol. The molecule has 2 aromatic carbocycles. The number of rotatable bonds is 7. The van der Waals surface area contributed by atoms with E-state index in [1.165, 1.54) is 18.4 Å². The Labute approximate surface area is 185 Å². The van der Waals surface area contributed by atoms with Gasteiger partial charge < -0.3 is 10.6 Å². The highest BCUT2D eigenvalue weighted by Gasteiger charge is 2.25. The van der Waals surface area contributed by atoms with Gasteiger partial charge in [0.05, 0.1) is 0 Å². The molecule has 152 valence electrons. The number of hydrogen-bond donors (Lipinski definition) is 2. The lowest BCUT2D eigenvalue weighted by atomic mass is 9.83. The van der Waals surface area contributed by atoms with Crippen molar-refractivity contribution >= 4 is 25.0 Å². The van der Waals surface area contributed by atoms with Gasteiger partial charge in [-0.2, -0.15) is 0 Å². The Kier molecular flexibility index (Phi) is 5.37. The largest absolute Gasteiger partial charge is 0.383 e. The average molecular weight is 404 g/mol. The Morgan fingerprint density at radius 2 is 1.77 bits per heavy atom. The van der Waals surface area contributed by atoms with Gasteiger partial charge in [-0.1, -0.05) is 66.2 Å². The summed E-state index contributed by atoms with van der Waals surface area (Å²) >= 11 is 0. The van der Waals surface area contributed by atoms with E-state index in [1.54, 1.807) is 0 Å². The van der Waals surface area contributed by atoms with Gasteiger partial charge in [-0.3, -0.25) is 4.79 Å². The molecule has 0 heterocycles. The highest BCUT2D eigenvalue weighted by atomic mass is 16.1. The van der Waals surface area contributed by atoms with E-state index in [0.29, 0.717) is 18.9 Å². The third-order valence-corrected chi connectivity index (χ3v) is 6.11. The first-order valence-electron chi connectivity index (χ1n) is 10.9. The van der Waals surface area contributed by atoms with Gasteiger partial charge in [0.1, 0.15) is 7.85 Å². The quantitative estimate of drug-likeness (QED) is 0.630. The molecule has 0 spiro atoms. The summed E-state index contributed by atoms with van der Waals surface area (Å²) in [7, 11) is 6.25. The zero-order chi connectivity index (χ0) is 21.2. The molecular weight excluding hydrogens is 379 g/mol. The van der Waals surface area contributed by atoms with Crippen LogP contribution in [0.5, 0.6) is 0 Å². The third kappa shape index (κ3) is 4.58. The Balaban J connectivity index is 1.27. The maximum atomic E-state index is 12.0. The molecule has 1 fully saturated rings. The maximum absolute atomic E-state index is 12.0. The van der Waals surface area contributed by atoms with E-state index in [0.717, 1.165) is 33.6 Å². The Morgan fingerprint density at radius 1 is 1.00 bits per heavy atom. The van der Waals surface area contributed by atoms with Crippen molar-refractivity contribution in [2.45, 2.75) is 25.8 Å². The lowest BCUT2D eigenvalue weighted by Gasteiger charge is -2.24. The van der Waals surface area contributed by atoms with Gasteiger partial charge in [0, 0.05) is 30.3 Å². The molecule has 1 unspecified atom stereocenters. The highest BCUT2D eigenvalue weighted by molar-refractivity contribution is 6.24. The molecule has 3 nitrogen and oxygen atoms in total. The molecule has 0 aliphatic heterocycles. The van der Waals surface area contributed by atoms with E-state index in [2.05, 4.69) is 65.3 Å². The minimum atomic E-state index is 0.117. The molecule has 0 aromatic heterocycles. The highest BCUT2D eigenvalue weighted by Crippen LogP contribution is 2.37. The van der Waals surface area contributed by atoms with Crippen molar-refractivity contribution in [3.05, 3.63) is 107 Å². The summed E-state index contributed by atoms with van der Waals surface area (Å²) in [5.41, 5.74) is 7.49. The summed E-state index contributed by atoms with van der Waals surface area (Å²) in [6.07, 6.45) is 11.6. The second-order valence-electron chi connectivity index (χ2n) is 8.56. The fourth-order valence-corrected chi connectivity index (χ4v) is 4.15. The van der Waals surface area contributed by atoms with Crippen LogP contribution in [0.1, 0.15) is 30.4 Å². The zero-order valence-corrected chi connectivity index (χ0v) is 17.5. The molecule has 0 bridgehead atoms. The predicted octanol–water partition coefficient (Wildman–Crippen LogP) is 5.10. The number of anilines is 1. The molecule has 3 aliphatic rings. The molecule has 4 heteroatoms. The first-order chi connectivity index (χ1) is 15.2. The molecular formula is C27H25BN2O. The van der Waals surface area contributed by atoms with E-state index in [-0.39, 0.29) is 11.8 Å². The monoisotopic (exact) mass is 404 g/mol. The second kappa shape index (κ2) is 8.47. The minimum Gasteiger partial charge on any atom is -0.383 e. The molecule has 2 N–H and O–H groups in total. The van der Waals surface area contributed by atoms with Crippen molar-refractivity contribution in [1.82, 2.24) is 5.32 Å². The van der Waals surface area contributed by atoms with Crippen LogP contribution in [0.2, 0.25) is 0 Å². The minimum absolute atomic E-state index is 0.117. The van der Waals surface area contributed by atoms with Gasteiger partial charge in [0.25, 0.3) is 0 Å². The van der Waals surface area contributed by atoms with E-state index < -0.39 is 0 Å². The van der Waals surface area contributed by atoms with Crippen LogP contribution >= 0.6 is 0 Å². The van der Waals surface area contributed by atoms with Gasteiger partial charge in [-0.05, 0) is 59.2 Å². The molecule has 1 amide bonds. The lowest BCUT2D eigenvalue weighted by molar-refractivity contribution is -0.116. The van der Waals surface area contributed by atoms with Crippen molar-refractivity contribution in [2.75, 3.05) is 5.32 Å². The van der Waals surface area contributed by atoms with E-state index >= 15 is 0 Å². The number of hydrogen-bond acceptors (Lipinski definition) is 2. The van der Waals surface area contributed by atoms with Crippen molar-refractivity contribution in [3.63, 3.8) is 0 Å². The normalized spacial score (nSPS) is 19.5. The summed E-state index contributed by atoms with van der Waals surface area (Å²) in [5, 5.41) is 6.61. The molecule has 3 aliphatic carbocycles. The van der Waals surface area contributed by atoms with Crippen molar-refractivity contribution in [1.29, 1.82) is 0 Å². The number of benzene rings is 2. The number of amides is 1. The van der Waals surface area contributed by atoms with Crippen LogP contribution in [-0.2, 0) is 11.3 Å². The molecule has 1 atom stereocenters. The maximum Gasteiger partial charge on any atom is 0.224 e. The molecule has 2 radical (unpaired) electrons. The number of allylic oxidation sites excluding steroid dienone is 6. The summed E-state index contributed by atoms with van der Waals surface area (Å²) < 4.78 is 0. The summed E-state index contributed by atoms with van der Waals surface area (Å²) in [6.45, 7) is 0.710. The first kappa shape index (κ1) is 19.7. The lowest BCUT2D eigenvalue weighted by Crippen LogP contribution is -2.21. The molecule has 1 saturated carbocycles. The van der Waals surface area contributed by atoms with Gasteiger partial charge in [0.15, 0.2) is 0 Å². The summed E-state index contributed by atoms with van der Waals surface area (Å²) in [5.74, 6) is 0.888. The number of carbonyl (C=O) groups excluding carboxylic acids is 1. The standard InChI is InChI=1S/C27H25BN2O/c28-25-13-12-23-24(25)15-21(20-4-2-1-3-5-20)16-26(23)29-17-19-8-10-22(11-9-19)30-27(31)14-18-6-7-18/h1-5,8-13,15-16,18,23,29H,6-7,14,17H2,(H,30,31). The van der Waals surface area contributed by atoms with E-state index in [1.807, 2.05) is 24.3 Å². The van der Waals surface area contributed by atoms with Gasteiger partial charge >= 0.3 is 0 Å². The zero-order valence-electron chi connectivity index (χ0n) is 17.5. The van der Waals surface area contributed by atoms with E-state index in [9.17, 15) is 4.79 Å². The van der Waals surface area contributed by atoms with Crippen LogP contribution in [0.15, 0.2) is 95.6 Å². The average Bonchev–Trinajstić information content (AvgIpc) is 3.53. The number of nitrogens with one attached hydrogen (secondary N) is 2. The number of fused-ring (bicyclic) bond motifs is 1. The smallest absolute Gasteiger partial charge is 0.224 e. The Morgan fingerprint density at radius 3 is 2.52 bits per heavy atom. The summed E-state index contributed by atoms with van der Waals surface area (Å²) in [4.78, 5) is 12.0. The molecule has 5 rings (SSSR count). The summed E-state index contributed by atoms with van der Waals surface area (Å²) in [6, 6.07) is 18.5. The van der Waals surface area contributed by atoms with Crippen molar-refractivity contribution in [2.24, 2.45) is 11.8 Å². The fraction of sp³-hybridized carbons (Fsp3) is 0.222. The van der Waals surface area contributed by atoms with Gasteiger partial charge in [-0.25, -0.2) is 0 Å². The van der Waals surface area contributed by atoms with Crippen LogP contribution in [0, 0.1) is 11.8 Å². The van der Waals surface area contributed by atoms with Crippen molar-refractivity contribution in [3.8, 4) is 0 Å². The fourth-order valence-electron chi connectivity index (χ4n) is 4.15. The Bertz CT molecular complexity index is 1110. The molecule has 31 heavy (non-hydrogen) atoms. The van der Waals surface area contributed by atoms with Gasteiger partial charge in [0.2, 0.25) is 5.91 Å². The Hall–Kier alpha value is -3.27. The first-order valence-corrected chi connectivity index (χ1v) is 10.9. The second-order valence-corrected chi connectivity index (χ2v) is 8.56. The van der Waals surface area contributed by atoms with Crippen LogP contribution in [0.3, 0.4) is 0 Å². The van der Waals surface area contributed by atoms with Crippen LogP contribution in [0.4, 0.5) is 5.69 Å². The van der Waals surface area contributed by atoms with Crippen LogP contribution in [0.25, 0.3) is 5.57 Å². The van der Waals surface area contributed by atoms with Crippen LogP contribution in [-0.4, -0.2) is 13.8 Å². The SMILES string of the molecule is [B]C1=C2C=C(c3ccccc3)C=C(NCc3ccc(NC(=O)CC4CC4)cc3)C2C=C1. The molecule has 0 saturated heterocycles. The molecule has 2 aromatic rings.